The van der Waals surface area contributed by atoms with Crippen LogP contribution in [-0.4, -0.2) is 16.3 Å². The van der Waals surface area contributed by atoms with Crippen LogP contribution >= 0.6 is 0 Å². The van der Waals surface area contributed by atoms with Crippen molar-refractivity contribution < 1.29 is 4.39 Å². The topological polar surface area (TPSA) is 46.9 Å². The molecule has 22 heavy (non-hydrogen) atoms. The first-order valence-corrected chi connectivity index (χ1v) is 7.73. The van der Waals surface area contributed by atoms with Gasteiger partial charge in [-0.2, -0.15) is 5.10 Å². The zero-order chi connectivity index (χ0) is 15.9. The van der Waals surface area contributed by atoms with Gasteiger partial charge in [0.1, 0.15) is 5.82 Å². The molecule has 1 aromatic heterocycles. The second-order valence-corrected chi connectivity index (χ2v) is 5.21. The van der Waals surface area contributed by atoms with E-state index in [-0.39, 0.29) is 11.4 Å². The van der Waals surface area contributed by atoms with E-state index in [1.54, 1.807) is 18.2 Å². The Labute approximate surface area is 130 Å². The van der Waals surface area contributed by atoms with Crippen molar-refractivity contribution in [3.63, 3.8) is 0 Å². The number of nitrogens with one attached hydrogen (secondary N) is 1. The lowest BCUT2D eigenvalue weighted by Gasteiger charge is -2.10. The average molecular weight is 303 g/mol. The SMILES string of the molecule is CCCCNCc1cc(-c2ccc(F)cc2)nn(CC)c1=O. The molecule has 0 aliphatic heterocycles. The summed E-state index contributed by atoms with van der Waals surface area (Å²) in [5, 5.41) is 7.63. The average Bonchev–Trinajstić information content (AvgIpc) is 2.53. The van der Waals surface area contributed by atoms with E-state index in [2.05, 4.69) is 17.3 Å². The molecule has 0 amide bonds. The monoisotopic (exact) mass is 303 g/mol. The van der Waals surface area contributed by atoms with Crippen LogP contribution in [0.25, 0.3) is 11.3 Å². The molecule has 1 aromatic carbocycles. The van der Waals surface area contributed by atoms with E-state index in [1.165, 1.54) is 16.8 Å². The quantitative estimate of drug-likeness (QED) is 0.800. The van der Waals surface area contributed by atoms with Crippen molar-refractivity contribution in [1.29, 1.82) is 0 Å². The minimum Gasteiger partial charge on any atom is -0.312 e. The Morgan fingerprint density at radius 1 is 1.23 bits per heavy atom. The van der Waals surface area contributed by atoms with E-state index in [4.69, 9.17) is 0 Å². The maximum Gasteiger partial charge on any atom is 0.271 e. The number of nitrogens with zero attached hydrogens (tertiary/aromatic N) is 2. The zero-order valence-electron chi connectivity index (χ0n) is 13.1. The first kappa shape index (κ1) is 16.4. The van der Waals surface area contributed by atoms with Crippen molar-refractivity contribution in [1.82, 2.24) is 15.1 Å². The van der Waals surface area contributed by atoms with Gasteiger partial charge in [-0.15, -0.1) is 0 Å². The van der Waals surface area contributed by atoms with Crippen molar-refractivity contribution in [2.75, 3.05) is 6.54 Å². The summed E-state index contributed by atoms with van der Waals surface area (Å²) < 4.78 is 14.5. The second kappa shape index (κ2) is 7.84. The van der Waals surface area contributed by atoms with Crippen molar-refractivity contribution in [2.45, 2.75) is 39.8 Å². The molecule has 0 unspecified atom stereocenters. The van der Waals surface area contributed by atoms with Gasteiger partial charge in [-0.25, -0.2) is 9.07 Å². The van der Waals surface area contributed by atoms with Crippen molar-refractivity contribution >= 4 is 0 Å². The Bertz CT molecular complexity index is 665. The molecule has 0 aliphatic rings. The van der Waals surface area contributed by atoms with Crippen LogP contribution in [-0.2, 0) is 13.1 Å². The number of hydrogen-bond acceptors (Lipinski definition) is 3. The largest absolute Gasteiger partial charge is 0.312 e. The Morgan fingerprint density at radius 2 is 1.95 bits per heavy atom. The smallest absolute Gasteiger partial charge is 0.271 e. The highest BCUT2D eigenvalue weighted by atomic mass is 19.1. The number of aromatic nitrogens is 2. The van der Waals surface area contributed by atoms with E-state index in [0.29, 0.717) is 24.3 Å². The lowest BCUT2D eigenvalue weighted by atomic mass is 10.1. The van der Waals surface area contributed by atoms with E-state index >= 15 is 0 Å². The van der Waals surface area contributed by atoms with Gasteiger partial charge < -0.3 is 5.32 Å². The number of rotatable bonds is 7. The number of benzene rings is 1. The molecule has 5 heteroatoms. The fourth-order valence-electron chi connectivity index (χ4n) is 2.22. The van der Waals surface area contributed by atoms with Crippen LogP contribution in [0, 0.1) is 5.82 Å². The molecular weight excluding hydrogens is 281 g/mol. The van der Waals surface area contributed by atoms with Gasteiger partial charge in [0.2, 0.25) is 0 Å². The normalized spacial score (nSPS) is 10.9. The molecule has 0 saturated heterocycles. The molecule has 118 valence electrons. The predicted molar refractivity (Wildman–Crippen MR) is 86.2 cm³/mol. The van der Waals surface area contributed by atoms with E-state index in [9.17, 15) is 9.18 Å². The summed E-state index contributed by atoms with van der Waals surface area (Å²) in [5.74, 6) is -0.283. The molecule has 0 radical (unpaired) electrons. The highest BCUT2D eigenvalue weighted by Crippen LogP contribution is 2.17. The van der Waals surface area contributed by atoms with Gasteiger partial charge in [-0.3, -0.25) is 4.79 Å². The van der Waals surface area contributed by atoms with Crippen LogP contribution < -0.4 is 10.9 Å². The molecule has 0 aliphatic carbocycles. The highest BCUT2D eigenvalue weighted by Gasteiger charge is 2.09. The summed E-state index contributed by atoms with van der Waals surface area (Å²) in [6.45, 7) is 5.93. The Morgan fingerprint density at radius 3 is 2.59 bits per heavy atom. The van der Waals surface area contributed by atoms with Crippen LogP contribution in [0.2, 0.25) is 0 Å². The Kier molecular flexibility index (Phi) is 5.83. The van der Waals surface area contributed by atoms with Gasteiger partial charge in [0.05, 0.1) is 5.69 Å². The van der Waals surface area contributed by atoms with Crippen LogP contribution in [0.3, 0.4) is 0 Å². The van der Waals surface area contributed by atoms with Gasteiger partial charge in [0.25, 0.3) is 5.56 Å². The summed E-state index contributed by atoms with van der Waals surface area (Å²) in [6, 6.07) is 7.95. The van der Waals surface area contributed by atoms with Crippen LogP contribution in [0.5, 0.6) is 0 Å². The third-order valence-electron chi connectivity index (χ3n) is 3.51. The molecule has 1 heterocycles. The summed E-state index contributed by atoms with van der Waals surface area (Å²) in [7, 11) is 0. The van der Waals surface area contributed by atoms with Gasteiger partial charge in [-0.1, -0.05) is 13.3 Å². The van der Waals surface area contributed by atoms with Crippen LogP contribution in [0.4, 0.5) is 4.39 Å². The number of hydrogen-bond donors (Lipinski definition) is 1. The van der Waals surface area contributed by atoms with E-state index in [1.807, 2.05) is 6.92 Å². The van der Waals surface area contributed by atoms with Crippen LogP contribution in [0.15, 0.2) is 35.1 Å². The molecule has 1 N–H and O–H groups in total. The zero-order valence-corrected chi connectivity index (χ0v) is 13.1. The third-order valence-corrected chi connectivity index (χ3v) is 3.51. The molecule has 0 bridgehead atoms. The number of halogens is 1. The number of unbranched alkanes of at least 4 members (excludes halogenated alkanes) is 1. The molecule has 0 atom stereocenters. The lowest BCUT2D eigenvalue weighted by molar-refractivity contribution is 0.590. The van der Waals surface area contributed by atoms with E-state index in [0.717, 1.165) is 24.9 Å². The fourth-order valence-corrected chi connectivity index (χ4v) is 2.22. The van der Waals surface area contributed by atoms with Crippen molar-refractivity contribution in [3.05, 3.63) is 52.1 Å². The summed E-state index contributed by atoms with van der Waals surface area (Å²) >= 11 is 0. The second-order valence-electron chi connectivity index (χ2n) is 5.21. The number of aryl methyl sites for hydroxylation is 1. The summed E-state index contributed by atoms with van der Waals surface area (Å²) in [4.78, 5) is 12.3. The maximum absolute atomic E-state index is 13.0. The van der Waals surface area contributed by atoms with E-state index < -0.39 is 0 Å². The van der Waals surface area contributed by atoms with Gasteiger partial charge >= 0.3 is 0 Å². The molecule has 4 nitrogen and oxygen atoms in total. The first-order chi connectivity index (χ1) is 10.7. The molecular formula is C17H22FN3O. The summed E-state index contributed by atoms with van der Waals surface area (Å²) in [6.07, 6.45) is 2.20. The molecule has 2 rings (SSSR count). The lowest BCUT2D eigenvalue weighted by Crippen LogP contribution is -2.29. The van der Waals surface area contributed by atoms with Gasteiger partial charge in [0.15, 0.2) is 0 Å². The standard InChI is InChI=1S/C17H22FN3O/c1-3-5-10-19-12-14-11-16(20-21(4-2)17(14)22)13-6-8-15(18)9-7-13/h6-9,11,19H,3-5,10,12H2,1-2H3. The van der Waals surface area contributed by atoms with Gasteiger partial charge in [0, 0.05) is 24.2 Å². The van der Waals surface area contributed by atoms with Crippen molar-refractivity contribution in [3.8, 4) is 11.3 Å². The van der Waals surface area contributed by atoms with Crippen molar-refractivity contribution in [2.24, 2.45) is 0 Å². The summed E-state index contributed by atoms with van der Waals surface area (Å²) in [5.41, 5.74) is 2.11. The predicted octanol–water partition coefficient (Wildman–Crippen LogP) is 2.96. The van der Waals surface area contributed by atoms with Gasteiger partial charge in [-0.05, 0) is 50.2 Å². The molecule has 0 saturated carbocycles. The minimum atomic E-state index is -0.283. The molecule has 0 spiro atoms. The first-order valence-electron chi connectivity index (χ1n) is 7.73. The third kappa shape index (κ3) is 4.01. The highest BCUT2D eigenvalue weighted by molar-refractivity contribution is 5.58. The van der Waals surface area contributed by atoms with Crippen LogP contribution in [0.1, 0.15) is 32.3 Å². The minimum absolute atomic E-state index is 0.0719. The Balaban J connectivity index is 2.31. The Hall–Kier alpha value is -2.01. The molecule has 2 aromatic rings. The fraction of sp³-hybridized carbons (Fsp3) is 0.412. The maximum atomic E-state index is 13.0. The molecule has 0 fully saturated rings.